The van der Waals surface area contributed by atoms with E-state index >= 15 is 0 Å². The molecule has 1 aromatic heterocycles. The van der Waals surface area contributed by atoms with Gasteiger partial charge in [-0.3, -0.25) is 5.32 Å². The molecule has 0 aliphatic heterocycles. The molecule has 0 fully saturated rings. The molecule has 26 heavy (non-hydrogen) atoms. The molecular formula is C20H23N5S. The SMILES string of the molecule is Cc1ccccc1Cn1cnc(NC(=S)Nc2ccc(C(C)C)cc2)n1. The molecular weight excluding hydrogens is 342 g/mol. The lowest BCUT2D eigenvalue weighted by Crippen LogP contribution is -2.20. The number of nitrogens with one attached hydrogen (secondary N) is 2. The van der Waals surface area contributed by atoms with Gasteiger partial charge in [0.1, 0.15) is 6.33 Å². The quantitative estimate of drug-likeness (QED) is 0.649. The average molecular weight is 366 g/mol. The van der Waals surface area contributed by atoms with Crippen LogP contribution in [0.15, 0.2) is 54.9 Å². The maximum atomic E-state index is 5.35. The zero-order valence-electron chi connectivity index (χ0n) is 15.2. The third-order valence-electron chi connectivity index (χ3n) is 4.19. The highest BCUT2D eigenvalue weighted by Gasteiger charge is 2.06. The number of rotatable bonds is 5. The van der Waals surface area contributed by atoms with Crippen molar-refractivity contribution in [3.8, 4) is 0 Å². The van der Waals surface area contributed by atoms with Crippen LogP contribution in [0.5, 0.6) is 0 Å². The number of hydrogen-bond donors (Lipinski definition) is 2. The molecule has 2 N–H and O–H groups in total. The molecule has 0 saturated carbocycles. The van der Waals surface area contributed by atoms with E-state index in [-0.39, 0.29) is 0 Å². The Morgan fingerprint density at radius 3 is 2.50 bits per heavy atom. The van der Waals surface area contributed by atoms with Crippen molar-refractivity contribution >= 4 is 29.0 Å². The van der Waals surface area contributed by atoms with E-state index in [0.717, 1.165) is 5.69 Å². The summed E-state index contributed by atoms with van der Waals surface area (Å²) in [6.45, 7) is 7.12. The van der Waals surface area contributed by atoms with E-state index in [1.807, 2.05) is 24.3 Å². The first-order valence-electron chi connectivity index (χ1n) is 8.63. The highest BCUT2D eigenvalue weighted by atomic mass is 32.1. The average Bonchev–Trinajstić information content (AvgIpc) is 3.04. The topological polar surface area (TPSA) is 54.8 Å². The van der Waals surface area contributed by atoms with Crippen LogP contribution in [0, 0.1) is 6.92 Å². The zero-order chi connectivity index (χ0) is 18.5. The second kappa shape index (κ2) is 8.10. The van der Waals surface area contributed by atoms with Crippen molar-refractivity contribution in [2.45, 2.75) is 33.2 Å². The molecule has 134 valence electrons. The molecule has 0 bridgehead atoms. The van der Waals surface area contributed by atoms with Gasteiger partial charge in [0, 0.05) is 5.69 Å². The molecule has 0 saturated heterocycles. The van der Waals surface area contributed by atoms with Crippen molar-refractivity contribution in [3.05, 3.63) is 71.5 Å². The molecule has 0 aliphatic rings. The van der Waals surface area contributed by atoms with Crippen LogP contribution in [0.2, 0.25) is 0 Å². The van der Waals surface area contributed by atoms with Crippen LogP contribution in [0.4, 0.5) is 11.6 Å². The molecule has 0 unspecified atom stereocenters. The van der Waals surface area contributed by atoms with Gasteiger partial charge in [0.15, 0.2) is 5.11 Å². The molecule has 5 nitrogen and oxygen atoms in total. The Hall–Kier alpha value is -2.73. The van der Waals surface area contributed by atoms with E-state index in [1.54, 1.807) is 11.0 Å². The molecule has 0 atom stereocenters. The highest BCUT2D eigenvalue weighted by molar-refractivity contribution is 7.80. The Morgan fingerprint density at radius 2 is 1.81 bits per heavy atom. The van der Waals surface area contributed by atoms with Gasteiger partial charge in [0.25, 0.3) is 0 Å². The molecule has 0 radical (unpaired) electrons. The molecule has 2 aromatic carbocycles. The summed E-state index contributed by atoms with van der Waals surface area (Å²) in [6.07, 6.45) is 1.70. The van der Waals surface area contributed by atoms with Crippen LogP contribution in [0.1, 0.15) is 36.5 Å². The first-order chi connectivity index (χ1) is 12.5. The Balaban J connectivity index is 1.58. The van der Waals surface area contributed by atoms with E-state index < -0.39 is 0 Å². The summed E-state index contributed by atoms with van der Waals surface area (Å²) in [4.78, 5) is 4.27. The molecule has 3 aromatic rings. The summed E-state index contributed by atoms with van der Waals surface area (Å²) in [5.41, 5.74) is 4.69. The van der Waals surface area contributed by atoms with Crippen LogP contribution >= 0.6 is 12.2 Å². The molecule has 0 amide bonds. The van der Waals surface area contributed by atoms with E-state index in [4.69, 9.17) is 12.2 Å². The number of hydrogen-bond acceptors (Lipinski definition) is 3. The van der Waals surface area contributed by atoms with E-state index in [2.05, 4.69) is 65.8 Å². The molecule has 0 spiro atoms. The van der Waals surface area contributed by atoms with E-state index in [0.29, 0.717) is 23.5 Å². The summed E-state index contributed by atoms with van der Waals surface area (Å²) in [5, 5.41) is 11.1. The predicted octanol–water partition coefficient (Wildman–Crippen LogP) is 4.57. The second-order valence-electron chi connectivity index (χ2n) is 6.55. The van der Waals surface area contributed by atoms with Gasteiger partial charge in [0.05, 0.1) is 6.54 Å². The van der Waals surface area contributed by atoms with Gasteiger partial charge in [-0.05, 0) is 53.9 Å². The van der Waals surface area contributed by atoms with Crippen LogP contribution in [0.25, 0.3) is 0 Å². The molecule has 6 heteroatoms. The lowest BCUT2D eigenvalue weighted by Gasteiger charge is -2.10. The van der Waals surface area contributed by atoms with E-state index in [1.165, 1.54) is 16.7 Å². The van der Waals surface area contributed by atoms with Gasteiger partial charge in [-0.15, -0.1) is 5.10 Å². The maximum absolute atomic E-state index is 5.35. The summed E-state index contributed by atoms with van der Waals surface area (Å²) in [5.74, 6) is 0.991. The Morgan fingerprint density at radius 1 is 1.08 bits per heavy atom. The van der Waals surface area contributed by atoms with Crippen LogP contribution in [-0.2, 0) is 6.54 Å². The van der Waals surface area contributed by atoms with Gasteiger partial charge in [0.2, 0.25) is 5.95 Å². The third-order valence-corrected chi connectivity index (χ3v) is 4.39. The Kier molecular flexibility index (Phi) is 5.63. The predicted molar refractivity (Wildman–Crippen MR) is 111 cm³/mol. The number of aryl methyl sites for hydroxylation is 1. The minimum atomic E-state index is 0.468. The number of anilines is 2. The number of benzene rings is 2. The fraction of sp³-hybridized carbons (Fsp3) is 0.250. The van der Waals surface area contributed by atoms with Gasteiger partial charge < -0.3 is 5.32 Å². The number of nitrogens with zero attached hydrogens (tertiary/aromatic N) is 3. The minimum Gasteiger partial charge on any atom is -0.332 e. The van der Waals surface area contributed by atoms with Gasteiger partial charge in [-0.1, -0.05) is 50.2 Å². The van der Waals surface area contributed by atoms with Crippen LogP contribution < -0.4 is 10.6 Å². The first kappa shape index (κ1) is 18.1. The standard InChI is InChI=1S/C20H23N5S/c1-14(2)16-8-10-18(11-9-16)22-20(26)23-19-21-13-25(24-19)12-17-7-5-4-6-15(17)3/h4-11,13-14H,12H2,1-3H3,(H2,22,23,24,26). The van der Waals surface area contributed by atoms with Crippen molar-refractivity contribution in [1.82, 2.24) is 14.8 Å². The van der Waals surface area contributed by atoms with E-state index in [9.17, 15) is 0 Å². The monoisotopic (exact) mass is 365 g/mol. The van der Waals surface area contributed by atoms with Crippen molar-refractivity contribution in [3.63, 3.8) is 0 Å². The zero-order valence-corrected chi connectivity index (χ0v) is 16.0. The summed E-state index contributed by atoms with van der Waals surface area (Å²) in [7, 11) is 0. The lowest BCUT2D eigenvalue weighted by molar-refractivity contribution is 0.684. The second-order valence-corrected chi connectivity index (χ2v) is 6.96. The van der Waals surface area contributed by atoms with Crippen LogP contribution in [-0.4, -0.2) is 19.9 Å². The number of thiocarbonyl (C=S) groups is 1. The van der Waals surface area contributed by atoms with Crippen molar-refractivity contribution < 1.29 is 0 Å². The summed E-state index contributed by atoms with van der Waals surface area (Å²) >= 11 is 5.35. The Labute approximate surface area is 159 Å². The maximum Gasteiger partial charge on any atom is 0.248 e. The molecule has 0 aliphatic carbocycles. The number of aromatic nitrogens is 3. The third kappa shape index (κ3) is 4.67. The lowest BCUT2D eigenvalue weighted by atomic mass is 10.0. The van der Waals surface area contributed by atoms with Crippen LogP contribution in [0.3, 0.4) is 0 Å². The van der Waals surface area contributed by atoms with Gasteiger partial charge >= 0.3 is 0 Å². The molecule has 3 rings (SSSR count). The van der Waals surface area contributed by atoms with Crippen molar-refractivity contribution in [2.75, 3.05) is 10.6 Å². The first-order valence-corrected chi connectivity index (χ1v) is 9.04. The van der Waals surface area contributed by atoms with Gasteiger partial charge in [-0.2, -0.15) is 0 Å². The fourth-order valence-electron chi connectivity index (χ4n) is 2.61. The largest absolute Gasteiger partial charge is 0.332 e. The summed E-state index contributed by atoms with van der Waals surface area (Å²) < 4.78 is 1.80. The smallest absolute Gasteiger partial charge is 0.248 e. The highest BCUT2D eigenvalue weighted by Crippen LogP contribution is 2.17. The fourth-order valence-corrected chi connectivity index (χ4v) is 2.81. The minimum absolute atomic E-state index is 0.468. The molecule has 1 heterocycles. The van der Waals surface area contributed by atoms with Gasteiger partial charge in [-0.25, -0.2) is 9.67 Å². The Bertz CT molecular complexity index is 883. The van der Waals surface area contributed by atoms with Crippen molar-refractivity contribution in [1.29, 1.82) is 0 Å². The summed E-state index contributed by atoms with van der Waals surface area (Å²) in [6, 6.07) is 16.5. The van der Waals surface area contributed by atoms with Crippen molar-refractivity contribution in [2.24, 2.45) is 0 Å². The normalized spacial score (nSPS) is 10.8.